The van der Waals surface area contributed by atoms with E-state index in [4.69, 9.17) is 28.4 Å². The highest BCUT2D eigenvalue weighted by Crippen LogP contribution is 2.55. The zero-order valence-corrected chi connectivity index (χ0v) is 83.9. The van der Waals surface area contributed by atoms with Crippen LogP contribution < -0.4 is 9.47 Å². The van der Waals surface area contributed by atoms with Crippen molar-refractivity contribution >= 4 is 149 Å². The molecule has 4 aromatic heterocycles. The molecule has 0 aliphatic heterocycles. The molecule has 18 rings (SSSR count). The molecule has 0 radical (unpaired) electrons. The summed E-state index contributed by atoms with van der Waals surface area (Å²) in [5.74, 6) is 0.554. The van der Waals surface area contributed by atoms with Gasteiger partial charge in [0.1, 0.15) is 33.9 Å². The van der Waals surface area contributed by atoms with Crippen molar-refractivity contribution < 1.29 is 47.6 Å². The van der Waals surface area contributed by atoms with Crippen LogP contribution in [0.2, 0.25) is 0 Å². The van der Waals surface area contributed by atoms with Crippen molar-refractivity contribution in [3.8, 4) is 31.1 Å². The highest BCUT2D eigenvalue weighted by molar-refractivity contribution is 7.46. The Balaban J connectivity index is 0.000000133. The predicted octanol–water partition coefficient (Wildman–Crippen LogP) is 33.1. The maximum atomic E-state index is 13.3. The first-order valence-corrected chi connectivity index (χ1v) is 51.1. The Kier molecular flexibility index (Phi) is 27.2. The summed E-state index contributed by atoms with van der Waals surface area (Å²) < 4.78 is 40.6. The van der Waals surface area contributed by atoms with Crippen LogP contribution in [0.3, 0.4) is 0 Å². The number of hydrogen-bond acceptors (Lipinski definition) is 10. The van der Waals surface area contributed by atoms with Gasteiger partial charge in [0.2, 0.25) is 0 Å². The molecule has 14 heteroatoms. The van der Waals surface area contributed by atoms with Gasteiger partial charge in [0.25, 0.3) is 0 Å². The number of rotatable bonds is 16. The molecular weight excluding hydrogens is 1680 g/mol. The smallest absolute Gasteiger partial charge is 0.344 e. The van der Waals surface area contributed by atoms with E-state index >= 15 is 0 Å². The van der Waals surface area contributed by atoms with E-state index in [2.05, 4.69) is 291 Å². The molecular formula is C116H128O10S4+4. The lowest BCUT2D eigenvalue weighted by molar-refractivity contribution is -0.162. The molecule has 16 aromatic rings. The molecule has 0 N–H and O–H groups in total. The first kappa shape index (κ1) is 93.7. The molecule has 0 spiro atoms. The maximum absolute atomic E-state index is 13.3. The van der Waals surface area contributed by atoms with E-state index in [1.807, 2.05) is 69.2 Å². The van der Waals surface area contributed by atoms with Gasteiger partial charge in [0.05, 0.1) is 32.7 Å². The van der Waals surface area contributed by atoms with Crippen molar-refractivity contribution in [2.24, 2.45) is 0 Å². The summed E-state index contributed by atoms with van der Waals surface area (Å²) in [7, 11) is -0.490. The SMILES string of the molecule is CCC1(OC(=O)COc2c(C)cc(-[s+]3c(C)c(C)c4c5ccccc5ccc43)cc2C)CCCC1.CCC1(OC(=O)c2c(C)cc(-[s+]3c(C)c(C)c4c5ccccc5ccc43)cc2C)CCCC1.Cc1cc(-[s+]2c(C)c(C)c3c4ccccc4ccc32)cc(C)c1C(=O)OC(C)(C)C.Cc1cc(-[s+]2c(C)c(C)c3c4ccccc4ccc32)cc(C)c1OCC(=O)OC(C)(C)C. The number of ether oxygens (including phenoxy) is 6. The number of hydrogen-bond donors (Lipinski definition) is 0. The summed E-state index contributed by atoms with van der Waals surface area (Å²) in [6.45, 7) is 49.9. The molecule has 4 heterocycles. The molecule has 0 bridgehead atoms. The van der Waals surface area contributed by atoms with Crippen molar-refractivity contribution in [2.45, 2.75) is 253 Å². The summed E-state index contributed by atoms with van der Waals surface area (Å²) in [4.78, 5) is 61.6. The van der Waals surface area contributed by atoms with Crippen LogP contribution in [0.25, 0.3) is 103 Å². The van der Waals surface area contributed by atoms with E-state index in [1.165, 1.54) is 145 Å². The molecule has 0 amide bonds. The number of esters is 4. The van der Waals surface area contributed by atoms with Gasteiger partial charge in [-0.05, 0) is 325 Å². The van der Waals surface area contributed by atoms with Gasteiger partial charge < -0.3 is 28.4 Å². The first-order chi connectivity index (χ1) is 61.8. The number of aryl methyl sites for hydroxylation is 12. The quantitative estimate of drug-likeness (QED) is 0.0525. The molecule has 4 atom stereocenters. The molecule has 2 aliphatic carbocycles. The topological polar surface area (TPSA) is 124 Å². The molecule has 10 nitrogen and oxygen atoms in total. The lowest BCUT2D eigenvalue weighted by atomic mass is 9.97. The van der Waals surface area contributed by atoms with Crippen LogP contribution in [0, 0.1) is 111 Å². The van der Waals surface area contributed by atoms with Gasteiger partial charge in [-0.25, -0.2) is 19.2 Å². The van der Waals surface area contributed by atoms with Crippen molar-refractivity contribution in [1.82, 2.24) is 0 Å². The van der Waals surface area contributed by atoms with E-state index in [1.54, 1.807) is 0 Å². The van der Waals surface area contributed by atoms with E-state index in [-0.39, 0.29) is 90.2 Å². The van der Waals surface area contributed by atoms with Crippen molar-refractivity contribution in [2.75, 3.05) is 13.2 Å². The summed E-state index contributed by atoms with van der Waals surface area (Å²) in [6.07, 6.45) is 10.3. The fourth-order valence-electron chi connectivity index (χ4n) is 20.2. The van der Waals surface area contributed by atoms with Crippen LogP contribution in [-0.2, 0) is 28.5 Å². The Labute approximate surface area is 779 Å². The normalized spacial score (nSPS) is 14.2. The molecule has 2 fully saturated rings. The zero-order chi connectivity index (χ0) is 93.1. The molecule has 672 valence electrons. The molecule has 4 unspecified atom stereocenters. The Morgan fingerprint density at radius 3 is 0.838 bits per heavy atom. The van der Waals surface area contributed by atoms with Crippen LogP contribution in [0.4, 0.5) is 0 Å². The summed E-state index contributed by atoms with van der Waals surface area (Å²) in [5, 5.41) is 16.0. The van der Waals surface area contributed by atoms with Crippen molar-refractivity contribution in [3.05, 3.63) is 292 Å². The van der Waals surface area contributed by atoms with Crippen LogP contribution in [0.15, 0.2) is 194 Å². The second kappa shape index (κ2) is 37.7. The maximum Gasteiger partial charge on any atom is 0.344 e. The Bertz CT molecular complexity index is 7050. The highest BCUT2D eigenvalue weighted by atomic mass is 32.2. The average molecular weight is 1810 g/mol. The van der Waals surface area contributed by atoms with Crippen molar-refractivity contribution in [1.29, 1.82) is 0 Å². The van der Waals surface area contributed by atoms with Gasteiger partial charge in [-0.1, -0.05) is 111 Å². The number of carbonyl (C=O) groups is 4. The van der Waals surface area contributed by atoms with E-state index in [9.17, 15) is 19.2 Å². The summed E-state index contributed by atoms with van der Waals surface area (Å²) >= 11 is 0. The number of carbonyl (C=O) groups excluding carboxylic acids is 4. The summed E-state index contributed by atoms with van der Waals surface area (Å²) in [6, 6.07) is 70.4. The monoisotopic (exact) mass is 1810 g/mol. The van der Waals surface area contributed by atoms with Gasteiger partial charge >= 0.3 is 23.9 Å². The fourth-order valence-corrected chi connectivity index (χ4v) is 30.7. The van der Waals surface area contributed by atoms with Gasteiger partial charge in [0.15, 0.2) is 71.1 Å². The first-order valence-electron chi connectivity index (χ1n) is 46.2. The largest absolute Gasteiger partial charge is 0.481 e. The van der Waals surface area contributed by atoms with Crippen LogP contribution in [-0.4, -0.2) is 59.5 Å². The van der Waals surface area contributed by atoms with E-state index in [0.29, 0.717) is 5.56 Å². The van der Waals surface area contributed by atoms with Gasteiger partial charge in [-0.2, -0.15) is 0 Å². The summed E-state index contributed by atoms with van der Waals surface area (Å²) in [5.41, 5.74) is 13.6. The molecule has 0 saturated heterocycles. The van der Waals surface area contributed by atoms with E-state index < -0.39 is 11.2 Å². The Hall–Kier alpha value is -11.0. The van der Waals surface area contributed by atoms with Gasteiger partial charge in [-0.15, -0.1) is 0 Å². The molecule has 2 saturated carbocycles. The zero-order valence-electron chi connectivity index (χ0n) is 80.7. The average Bonchev–Trinajstić information content (AvgIpc) is 1.60. The number of thiophene rings is 4. The Morgan fingerprint density at radius 1 is 0.308 bits per heavy atom. The highest BCUT2D eigenvalue weighted by Gasteiger charge is 2.40. The van der Waals surface area contributed by atoms with Gasteiger partial charge in [-0.3, -0.25) is 0 Å². The fraction of sp³-hybridized carbons (Fsp3) is 0.345. The van der Waals surface area contributed by atoms with Crippen LogP contribution in [0.5, 0.6) is 11.5 Å². The molecule has 2 aliphatic rings. The van der Waals surface area contributed by atoms with Crippen molar-refractivity contribution in [3.63, 3.8) is 0 Å². The third-order valence-corrected chi connectivity index (χ3v) is 36.6. The third-order valence-electron chi connectivity index (χ3n) is 27.0. The minimum atomic E-state index is -0.517. The lowest BCUT2D eigenvalue weighted by Crippen LogP contribution is -2.33. The number of benzene rings is 12. The van der Waals surface area contributed by atoms with E-state index in [0.717, 1.165) is 126 Å². The molecule has 130 heavy (non-hydrogen) atoms. The second-order valence-corrected chi connectivity index (χ2v) is 46.8. The minimum Gasteiger partial charge on any atom is -0.481 e. The number of fused-ring (bicyclic) bond motifs is 12. The van der Waals surface area contributed by atoms with Crippen LogP contribution in [0.1, 0.15) is 227 Å². The Morgan fingerprint density at radius 2 is 0.562 bits per heavy atom. The van der Waals surface area contributed by atoms with Gasteiger partial charge in [0, 0.05) is 140 Å². The molecule has 12 aromatic carbocycles. The standard InChI is InChI=1S/C31H35O3S.C30H33O2S.C28H31O3S.C27H29O2S/c1-6-31(15-9-10-16-31)34-28(32)19-33-30-20(2)17-25(18-21(30)3)35-23(5)22(4)29-26-12-8-7-11-24(26)13-14-27(29)35;1-6-30(15-9-10-16-30)32-29(31)27-19(2)17-24(18-20(27)3)33-22(5)21(4)28-25-12-8-7-11-23(25)13-14-26(28)33;1-17-14-22(15-18(2)27(17)30-16-25(29)31-28(5,6)7)32-20(4)19(3)26-23-11-9-8-10-21(23)12-13-24(26)32;1-16-14-21(15-17(2)24(16)26(28)29-27(5,6)7)30-19(4)18(3)25-22-11-9-8-10-20(22)12-13-23(25)30/h7-8,11-14,17-18H,6,9-10,15-16,19H2,1-5H3;7-8,11-14,17-18H,6,9-10,15-16H2,1-5H3;8-15H,16H2,1-7H3;8-15H,1-7H3/q4*+1. The van der Waals surface area contributed by atoms with Crippen LogP contribution >= 0.6 is 41.9 Å². The third kappa shape index (κ3) is 18.6. The second-order valence-electron chi connectivity index (χ2n) is 38.2. The lowest BCUT2D eigenvalue weighted by Gasteiger charge is -2.28. The predicted molar refractivity (Wildman–Crippen MR) is 553 cm³/mol. The minimum absolute atomic E-state index is 0.0403.